The lowest BCUT2D eigenvalue weighted by Crippen LogP contribution is -2.47. The Hall–Kier alpha value is -4.49. The summed E-state index contributed by atoms with van der Waals surface area (Å²) >= 11 is 0. The van der Waals surface area contributed by atoms with Crippen LogP contribution in [0.15, 0.2) is 83.0 Å². The molecular formula is C30H27N5O2. The number of aromatic nitrogens is 1. The number of aromatic amines is 1. The molecular weight excluding hydrogens is 462 g/mol. The first-order chi connectivity index (χ1) is 18.0. The van der Waals surface area contributed by atoms with E-state index >= 15 is 0 Å². The van der Waals surface area contributed by atoms with Crippen molar-refractivity contribution in [3.63, 3.8) is 0 Å². The number of benzene rings is 3. The Kier molecular flexibility index (Phi) is 5.90. The van der Waals surface area contributed by atoms with Crippen LogP contribution in [0.5, 0.6) is 5.88 Å². The third-order valence-electron chi connectivity index (χ3n) is 6.96. The number of amides is 1. The second-order valence-corrected chi connectivity index (χ2v) is 9.49. The number of likely N-dealkylation sites (N-methyl/N-ethyl adjacent to an activating group) is 1. The Morgan fingerprint density at radius 1 is 0.946 bits per heavy atom. The Labute approximate surface area is 214 Å². The molecule has 4 aromatic rings. The minimum absolute atomic E-state index is 0.0759. The highest BCUT2D eigenvalue weighted by atomic mass is 16.3. The SMILES string of the molecule is CN1CCN(C(=O)c2cccc(/C=C/C3=c4cc/c(=C\c5c(O)[nH]c6ccccc56)cc4N=N3)c2)CC1. The molecule has 1 saturated heterocycles. The molecule has 0 spiro atoms. The van der Waals surface area contributed by atoms with Crippen LogP contribution in [0, 0.1) is 0 Å². The lowest BCUT2D eigenvalue weighted by atomic mass is 10.1. The van der Waals surface area contributed by atoms with Crippen LogP contribution >= 0.6 is 0 Å². The zero-order valence-electron chi connectivity index (χ0n) is 20.6. The van der Waals surface area contributed by atoms with Crippen LogP contribution in [0.1, 0.15) is 21.5 Å². The predicted octanol–water partition coefficient (Wildman–Crippen LogP) is 4.01. The van der Waals surface area contributed by atoms with Crippen molar-refractivity contribution in [2.75, 3.05) is 33.2 Å². The molecule has 0 aliphatic carbocycles. The number of aromatic hydroxyl groups is 1. The van der Waals surface area contributed by atoms with Gasteiger partial charge in [0.1, 0.15) is 0 Å². The molecule has 2 aliphatic heterocycles. The van der Waals surface area contributed by atoms with Crippen LogP contribution in [0.4, 0.5) is 5.69 Å². The second-order valence-electron chi connectivity index (χ2n) is 9.49. The number of nitrogens with one attached hydrogen (secondary N) is 1. The number of hydrogen-bond acceptors (Lipinski definition) is 5. The molecule has 7 nitrogen and oxygen atoms in total. The van der Waals surface area contributed by atoms with Crippen LogP contribution in [0.25, 0.3) is 28.8 Å². The molecule has 1 fully saturated rings. The standard InChI is InChI=1S/C30H27N5O2/c1-34-13-15-35(16-14-34)30(37)22-6-4-5-20(17-22)10-12-27-24-11-9-21(19-28(24)33-32-27)18-25-23-7-2-3-8-26(23)31-29(25)36/h2-12,17-19,31,36H,13-16H2,1H3/b12-10+,21-18+. The molecule has 0 bridgehead atoms. The highest BCUT2D eigenvalue weighted by molar-refractivity contribution is 5.95. The minimum atomic E-state index is 0.0759. The minimum Gasteiger partial charge on any atom is -0.494 e. The van der Waals surface area contributed by atoms with Crippen LogP contribution in [-0.4, -0.2) is 59.0 Å². The van der Waals surface area contributed by atoms with Crippen LogP contribution in [-0.2, 0) is 0 Å². The Bertz CT molecular complexity index is 1690. The Morgan fingerprint density at radius 3 is 2.65 bits per heavy atom. The largest absolute Gasteiger partial charge is 0.494 e. The number of para-hydroxylation sites is 1. The van der Waals surface area contributed by atoms with Gasteiger partial charge in [-0.25, -0.2) is 0 Å². The third kappa shape index (κ3) is 4.57. The summed E-state index contributed by atoms with van der Waals surface area (Å²) in [5.74, 6) is 0.221. The van der Waals surface area contributed by atoms with Crippen LogP contribution in [0.3, 0.4) is 0 Å². The first-order valence-corrected chi connectivity index (χ1v) is 12.4. The van der Waals surface area contributed by atoms with Crippen molar-refractivity contribution in [1.82, 2.24) is 14.8 Å². The number of nitrogens with zero attached hydrogens (tertiary/aromatic N) is 4. The first kappa shape index (κ1) is 22.9. The van der Waals surface area contributed by atoms with E-state index in [1.807, 2.05) is 89.9 Å². The zero-order valence-corrected chi connectivity index (χ0v) is 20.6. The lowest BCUT2D eigenvalue weighted by Gasteiger charge is -2.32. The molecule has 3 heterocycles. The van der Waals surface area contributed by atoms with E-state index in [1.54, 1.807) is 0 Å². The van der Waals surface area contributed by atoms with Gasteiger partial charge < -0.3 is 19.9 Å². The molecule has 37 heavy (non-hydrogen) atoms. The number of rotatable bonds is 4. The molecule has 0 unspecified atom stereocenters. The van der Waals surface area contributed by atoms with E-state index in [4.69, 9.17) is 0 Å². The van der Waals surface area contributed by atoms with Gasteiger partial charge in [0, 0.05) is 53.4 Å². The molecule has 3 aromatic carbocycles. The van der Waals surface area contributed by atoms with Gasteiger partial charge >= 0.3 is 0 Å². The van der Waals surface area contributed by atoms with E-state index in [1.165, 1.54) is 0 Å². The normalized spacial score (nSPS) is 16.3. The van der Waals surface area contributed by atoms with Crippen LogP contribution < -0.4 is 10.4 Å². The molecule has 184 valence electrons. The number of hydrogen-bond donors (Lipinski definition) is 2. The van der Waals surface area contributed by atoms with Crippen molar-refractivity contribution in [3.05, 3.63) is 99.9 Å². The van der Waals surface area contributed by atoms with E-state index in [2.05, 4.69) is 27.2 Å². The smallest absolute Gasteiger partial charge is 0.253 e. The molecule has 1 amide bonds. The van der Waals surface area contributed by atoms with Crippen molar-refractivity contribution < 1.29 is 9.90 Å². The van der Waals surface area contributed by atoms with E-state index in [-0.39, 0.29) is 11.8 Å². The quantitative estimate of drug-likeness (QED) is 0.454. The number of carbonyl (C=O) groups excluding carboxylic acids is 1. The molecule has 2 aliphatic rings. The third-order valence-corrected chi connectivity index (χ3v) is 6.96. The highest BCUT2D eigenvalue weighted by Crippen LogP contribution is 2.27. The summed E-state index contributed by atoms with van der Waals surface area (Å²) in [6, 6.07) is 21.5. The summed E-state index contributed by atoms with van der Waals surface area (Å²) in [6.07, 6.45) is 5.85. The van der Waals surface area contributed by atoms with Gasteiger partial charge in [0.05, 0.1) is 11.4 Å². The van der Waals surface area contributed by atoms with E-state index < -0.39 is 0 Å². The fourth-order valence-electron chi connectivity index (χ4n) is 4.83. The van der Waals surface area contributed by atoms with Gasteiger partial charge in [-0.1, -0.05) is 42.5 Å². The maximum absolute atomic E-state index is 12.9. The maximum Gasteiger partial charge on any atom is 0.253 e. The Morgan fingerprint density at radius 2 is 1.78 bits per heavy atom. The first-order valence-electron chi connectivity index (χ1n) is 12.4. The fourth-order valence-corrected chi connectivity index (χ4v) is 4.83. The topological polar surface area (TPSA) is 84.3 Å². The number of azo groups is 1. The maximum atomic E-state index is 12.9. The Balaban J connectivity index is 1.26. The van der Waals surface area contributed by atoms with Gasteiger partial charge in [0.15, 0.2) is 5.88 Å². The molecule has 1 aromatic heterocycles. The average molecular weight is 490 g/mol. The van der Waals surface area contributed by atoms with Gasteiger partial charge in [-0.05, 0) is 60.3 Å². The van der Waals surface area contributed by atoms with E-state index in [0.717, 1.165) is 70.0 Å². The molecule has 0 radical (unpaired) electrons. The van der Waals surface area contributed by atoms with Gasteiger partial charge in [0.25, 0.3) is 5.91 Å². The van der Waals surface area contributed by atoms with Crippen molar-refractivity contribution in [3.8, 4) is 5.88 Å². The number of fused-ring (bicyclic) bond motifs is 2. The van der Waals surface area contributed by atoms with Gasteiger partial charge in [-0.2, -0.15) is 0 Å². The predicted molar refractivity (Wildman–Crippen MR) is 146 cm³/mol. The van der Waals surface area contributed by atoms with Crippen molar-refractivity contribution >= 4 is 40.3 Å². The summed E-state index contributed by atoms with van der Waals surface area (Å²) in [4.78, 5) is 20.1. The zero-order chi connectivity index (χ0) is 25.4. The van der Waals surface area contributed by atoms with Crippen molar-refractivity contribution in [2.24, 2.45) is 10.2 Å². The molecule has 2 N–H and O–H groups in total. The molecule has 7 heteroatoms. The second kappa shape index (κ2) is 9.52. The van der Waals surface area contributed by atoms with Gasteiger partial charge in [-0.3, -0.25) is 4.79 Å². The number of carbonyl (C=O) groups is 1. The molecule has 0 saturated carbocycles. The molecule has 6 rings (SSSR count). The number of piperazine rings is 1. The number of H-pyrrole nitrogens is 1. The summed E-state index contributed by atoms with van der Waals surface area (Å²) < 4.78 is 0. The summed E-state index contributed by atoms with van der Waals surface area (Å²) in [7, 11) is 2.08. The summed E-state index contributed by atoms with van der Waals surface area (Å²) in [6.45, 7) is 3.31. The summed E-state index contributed by atoms with van der Waals surface area (Å²) in [5, 5.41) is 21.9. The average Bonchev–Trinajstić information content (AvgIpc) is 3.47. The van der Waals surface area contributed by atoms with Gasteiger partial charge in [0.2, 0.25) is 0 Å². The summed E-state index contributed by atoms with van der Waals surface area (Å²) in [5.41, 5.74) is 4.84. The van der Waals surface area contributed by atoms with E-state index in [0.29, 0.717) is 5.56 Å². The fraction of sp³-hybridized carbons (Fsp3) is 0.167. The molecule has 0 atom stereocenters. The highest BCUT2D eigenvalue weighted by Gasteiger charge is 2.20. The van der Waals surface area contributed by atoms with Crippen molar-refractivity contribution in [1.29, 1.82) is 0 Å². The monoisotopic (exact) mass is 489 g/mol. The van der Waals surface area contributed by atoms with Gasteiger partial charge in [-0.15, -0.1) is 10.2 Å². The van der Waals surface area contributed by atoms with E-state index in [9.17, 15) is 9.90 Å². The lowest BCUT2D eigenvalue weighted by molar-refractivity contribution is 0.0664. The van der Waals surface area contributed by atoms with Crippen molar-refractivity contribution in [2.45, 2.75) is 0 Å². The van der Waals surface area contributed by atoms with Crippen LogP contribution in [0.2, 0.25) is 0 Å².